The molecule has 1 aliphatic carbocycles. The predicted molar refractivity (Wildman–Crippen MR) is 233 cm³/mol. The molecule has 2 amide bonds. The van der Waals surface area contributed by atoms with Crippen LogP contribution in [0, 0.1) is 17.0 Å². The number of imide groups is 1. The zero-order chi connectivity index (χ0) is 43.4. The number of aromatic hydroxyl groups is 2. The van der Waals surface area contributed by atoms with Crippen molar-refractivity contribution in [1.29, 1.82) is 5.41 Å². The van der Waals surface area contributed by atoms with Crippen LogP contribution < -0.4 is 10.2 Å². The number of carbonyl (C=O) groups is 3. The number of ketones is 1. The summed E-state index contributed by atoms with van der Waals surface area (Å²) in [6.45, 7) is 13.0. The molecule has 0 radical (unpaired) electrons. The number of amides is 2. The SMILES string of the molecule is CC(C)[Si](Oc1c2c(c(N)c3cccnc13)C(=O)N(Cc1ccc(F)cc1)C2=O)(C(C)C)C(C)C.Cl.N=C1c2cccnc2C(=O)c2c1c(O)n(Cc1ccc(F)cc1)c2O. The molecule has 3 aromatic carbocycles. The quantitative estimate of drug-likeness (QED) is 0.0624. The number of nitrogens with one attached hydrogen (secondary N) is 1. The standard InChI is InChI=1S/C27H32FN3O3Si.C18H12FN3O3.ClH/c1-15(2)35(16(3)4,17(5)6)34-25-22-21(23(29)20-8-7-13-30-24(20)25)26(32)31(27(22)33)14-18-9-11-19(28)12-10-18;19-10-5-3-9(4-6-10)8-22-17(24)12-13(18(22)25)16(23)15-11(14(12)20)2-1-7-21-15;/h7-13,15-17H,14,29H2,1-6H3;1-7,20,24-25H,8H2;1H. The van der Waals surface area contributed by atoms with Crippen molar-refractivity contribution >= 4 is 60.6 Å². The molecule has 0 bridgehead atoms. The minimum Gasteiger partial charge on any atom is -0.541 e. The molecular weight excluding hydrogens is 822 g/mol. The van der Waals surface area contributed by atoms with Gasteiger partial charge in [0.2, 0.25) is 17.5 Å². The average molecular weight is 867 g/mol. The lowest BCUT2D eigenvalue weighted by molar-refractivity contribution is 0.0641. The predicted octanol–water partition coefficient (Wildman–Crippen LogP) is 9.17. The summed E-state index contributed by atoms with van der Waals surface area (Å²) < 4.78 is 34.6. The van der Waals surface area contributed by atoms with Gasteiger partial charge in [-0.15, -0.1) is 12.4 Å². The second-order valence-electron chi connectivity index (χ2n) is 15.8. The van der Waals surface area contributed by atoms with Crippen LogP contribution in [-0.2, 0) is 13.1 Å². The van der Waals surface area contributed by atoms with Gasteiger partial charge in [-0.25, -0.2) is 8.78 Å². The van der Waals surface area contributed by atoms with Crippen molar-refractivity contribution in [2.75, 3.05) is 5.73 Å². The third kappa shape index (κ3) is 7.41. The Bertz CT molecular complexity index is 2640. The van der Waals surface area contributed by atoms with Crippen molar-refractivity contribution in [2.45, 2.75) is 71.3 Å². The van der Waals surface area contributed by atoms with E-state index in [1.165, 1.54) is 42.6 Å². The summed E-state index contributed by atoms with van der Waals surface area (Å²) in [5, 5.41) is 29.8. The molecule has 3 aromatic heterocycles. The third-order valence-corrected chi connectivity index (χ3v) is 17.4. The Kier molecular flexibility index (Phi) is 12.2. The first kappa shape index (κ1) is 44.1. The number of hydrogen-bond acceptors (Lipinski definition) is 10. The maximum atomic E-state index is 13.8. The van der Waals surface area contributed by atoms with Crippen molar-refractivity contribution in [1.82, 2.24) is 19.4 Å². The minimum atomic E-state index is -2.50. The Morgan fingerprint density at radius 3 is 1.80 bits per heavy atom. The molecule has 61 heavy (non-hydrogen) atoms. The average Bonchev–Trinajstić information content (AvgIpc) is 3.62. The van der Waals surface area contributed by atoms with Gasteiger partial charge in [0.05, 0.1) is 46.7 Å². The smallest absolute Gasteiger partial charge is 0.265 e. The number of nitrogen functional groups attached to an aromatic ring is 1. The summed E-state index contributed by atoms with van der Waals surface area (Å²) in [7, 11) is -2.50. The highest BCUT2D eigenvalue weighted by Gasteiger charge is 2.50. The van der Waals surface area contributed by atoms with Crippen LogP contribution in [0.1, 0.15) is 101 Å². The van der Waals surface area contributed by atoms with Crippen molar-refractivity contribution in [3.63, 3.8) is 0 Å². The van der Waals surface area contributed by atoms with Crippen LogP contribution in [-0.4, -0.2) is 61.3 Å². The van der Waals surface area contributed by atoms with Crippen molar-refractivity contribution < 1.29 is 37.8 Å². The minimum absolute atomic E-state index is 0. The third-order valence-electron chi connectivity index (χ3n) is 11.4. The molecule has 0 spiro atoms. The number of hydrogen-bond donors (Lipinski definition) is 4. The molecule has 0 unspecified atom stereocenters. The van der Waals surface area contributed by atoms with E-state index in [2.05, 4.69) is 51.5 Å². The molecule has 316 valence electrons. The fourth-order valence-corrected chi connectivity index (χ4v) is 13.9. The van der Waals surface area contributed by atoms with Gasteiger partial charge < -0.3 is 20.4 Å². The molecule has 0 fully saturated rings. The van der Waals surface area contributed by atoms with E-state index in [1.54, 1.807) is 42.6 Å². The maximum Gasteiger partial charge on any atom is 0.265 e. The Labute approximate surface area is 358 Å². The molecule has 0 saturated heterocycles. The highest BCUT2D eigenvalue weighted by atomic mass is 35.5. The van der Waals surface area contributed by atoms with Crippen LogP contribution in [0.3, 0.4) is 0 Å². The van der Waals surface area contributed by atoms with Gasteiger partial charge in [0.15, 0.2) is 0 Å². The van der Waals surface area contributed by atoms with E-state index in [4.69, 9.17) is 15.6 Å². The maximum absolute atomic E-state index is 13.8. The lowest BCUT2D eigenvalue weighted by atomic mass is 9.89. The van der Waals surface area contributed by atoms with Crippen molar-refractivity contribution in [3.8, 4) is 17.5 Å². The fraction of sp³-hybridized carbons (Fsp3) is 0.244. The highest BCUT2D eigenvalue weighted by Crippen LogP contribution is 2.48. The number of nitrogens with zero attached hydrogens (tertiary/aromatic N) is 4. The zero-order valence-corrected chi connectivity index (χ0v) is 36.1. The number of halogens is 3. The highest BCUT2D eigenvalue weighted by molar-refractivity contribution is 6.78. The first-order valence-electron chi connectivity index (χ1n) is 19.5. The first-order valence-corrected chi connectivity index (χ1v) is 21.6. The summed E-state index contributed by atoms with van der Waals surface area (Å²) in [4.78, 5) is 49.7. The van der Waals surface area contributed by atoms with Gasteiger partial charge in [-0.3, -0.25) is 39.2 Å². The summed E-state index contributed by atoms with van der Waals surface area (Å²) in [5.74, 6) is -2.75. The van der Waals surface area contributed by atoms with Gasteiger partial charge in [0.25, 0.3) is 20.1 Å². The molecule has 0 atom stereocenters. The van der Waals surface area contributed by atoms with E-state index < -0.39 is 37.6 Å². The zero-order valence-electron chi connectivity index (χ0n) is 34.3. The van der Waals surface area contributed by atoms with Crippen molar-refractivity contribution in [2.24, 2.45) is 0 Å². The number of pyridine rings is 2. The van der Waals surface area contributed by atoms with Crippen LogP contribution in [0.2, 0.25) is 16.6 Å². The number of rotatable bonds is 9. The number of anilines is 1. The topological polar surface area (TPSA) is 185 Å². The molecule has 1 aliphatic heterocycles. The van der Waals surface area contributed by atoms with Gasteiger partial charge in [-0.1, -0.05) is 65.8 Å². The Morgan fingerprint density at radius 2 is 1.23 bits per heavy atom. The second kappa shape index (κ2) is 16.9. The van der Waals surface area contributed by atoms with Crippen LogP contribution in [0.4, 0.5) is 14.5 Å². The molecule has 8 rings (SSSR count). The summed E-state index contributed by atoms with van der Waals surface area (Å²) in [6.07, 6.45) is 3.07. The lowest BCUT2D eigenvalue weighted by Gasteiger charge is -2.42. The summed E-state index contributed by atoms with van der Waals surface area (Å²) in [6, 6.07) is 18.0. The molecule has 16 heteroatoms. The van der Waals surface area contributed by atoms with Crippen LogP contribution >= 0.6 is 12.4 Å². The van der Waals surface area contributed by atoms with E-state index in [9.17, 15) is 33.4 Å². The molecular formula is C45H45ClF2N6O6Si. The van der Waals surface area contributed by atoms with Gasteiger partial charge in [-0.05, 0) is 76.3 Å². The van der Waals surface area contributed by atoms with Gasteiger partial charge in [0, 0.05) is 23.3 Å². The Balaban J connectivity index is 0.000000211. The van der Waals surface area contributed by atoms with E-state index in [0.717, 1.165) is 9.47 Å². The number of carbonyl (C=O) groups excluding carboxylic acids is 3. The molecule has 12 nitrogen and oxygen atoms in total. The van der Waals surface area contributed by atoms with Gasteiger partial charge in [-0.2, -0.15) is 0 Å². The Hall–Kier alpha value is -6.45. The normalized spacial score (nSPS) is 13.3. The van der Waals surface area contributed by atoms with E-state index in [1.807, 2.05) is 0 Å². The molecule has 6 aromatic rings. The van der Waals surface area contributed by atoms with E-state index >= 15 is 0 Å². The van der Waals surface area contributed by atoms with Gasteiger partial charge in [0.1, 0.15) is 28.6 Å². The van der Waals surface area contributed by atoms with Crippen molar-refractivity contribution in [3.05, 3.63) is 141 Å². The second-order valence-corrected chi connectivity index (χ2v) is 21.2. The number of fused-ring (bicyclic) bond motifs is 4. The fourth-order valence-electron chi connectivity index (χ4n) is 8.65. The molecule has 4 heterocycles. The Morgan fingerprint density at radius 1 is 0.721 bits per heavy atom. The number of nitrogens with two attached hydrogens (primary N) is 1. The molecule has 5 N–H and O–H groups in total. The van der Waals surface area contributed by atoms with Crippen LogP contribution in [0.15, 0.2) is 85.2 Å². The van der Waals surface area contributed by atoms with Crippen LogP contribution in [0.25, 0.3) is 10.9 Å². The van der Waals surface area contributed by atoms with Gasteiger partial charge >= 0.3 is 0 Å². The number of aromatic nitrogens is 3. The number of benzene rings is 3. The van der Waals surface area contributed by atoms with E-state index in [-0.39, 0.29) is 93.2 Å². The lowest BCUT2D eigenvalue weighted by Crippen LogP contribution is -2.51. The molecule has 2 aliphatic rings. The van der Waals surface area contributed by atoms with Crippen LogP contribution in [0.5, 0.6) is 17.5 Å². The monoisotopic (exact) mass is 866 g/mol. The van der Waals surface area contributed by atoms with E-state index in [0.29, 0.717) is 33.3 Å². The summed E-state index contributed by atoms with van der Waals surface area (Å²) in [5.41, 5.74) is 9.65. The first-order chi connectivity index (χ1) is 28.5. The molecule has 0 saturated carbocycles. The summed E-state index contributed by atoms with van der Waals surface area (Å²) >= 11 is 0. The largest absolute Gasteiger partial charge is 0.541 e.